The second kappa shape index (κ2) is 6.90. The van der Waals surface area contributed by atoms with Crippen LogP contribution in [0.3, 0.4) is 0 Å². The number of rotatable bonds is 6. The van der Waals surface area contributed by atoms with Crippen LogP contribution in [0.2, 0.25) is 0 Å². The fraction of sp³-hybridized carbons (Fsp3) is 0.312. The van der Waals surface area contributed by atoms with Crippen molar-refractivity contribution in [1.82, 2.24) is 10.3 Å². The lowest BCUT2D eigenvalue weighted by Crippen LogP contribution is -2.17. The van der Waals surface area contributed by atoms with Crippen LogP contribution in [0.25, 0.3) is 0 Å². The minimum absolute atomic E-state index is 0.802. The molecule has 0 saturated heterocycles. The van der Waals surface area contributed by atoms with Gasteiger partial charge in [-0.25, -0.2) is 0 Å². The van der Waals surface area contributed by atoms with E-state index >= 15 is 0 Å². The maximum atomic E-state index is 5.34. The summed E-state index contributed by atoms with van der Waals surface area (Å²) in [6.07, 6.45) is 0.954. The van der Waals surface area contributed by atoms with Crippen molar-refractivity contribution in [2.75, 3.05) is 13.7 Å². The lowest BCUT2D eigenvalue weighted by atomic mass is 10.1. The molecule has 0 spiro atoms. The Balaban J connectivity index is 1.81. The molecule has 0 aliphatic heterocycles. The van der Waals surface area contributed by atoms with E-state index in [9.17, 15) is 0 Å². The Kier molecular flexibility index (Phi) is 4.93. The number of hydrogen-bond acceptors (Lipinski definition) is 3. The summed E-state index contributed by atoms with van der Waals surface area (Å²) >= 11 is 0. The Bertz CT molecular complexity index is 526. The van der Waals surface area contributed by atoms with Crippen LogP contribution in [0.15, 0.2) is 42.5 Å². The van der Waals surface area contributed by atoms with E-state index in [2.05, 4.69) is 16.4 Å². The lowest BCUT2D eigenvalue weighted by molar-refractivity contribution is 0.409. The van der Waals surface area contributed by atoms with E-state index in [1.165, 1.54) is 5.56 Å². The molecule has 0 aliphatic carbocycles. The van der Waals surface area contributed by atoms with Crippen molar-refractivity contribution in [3.05, 3.63) is 59.4 Å². The highest BCUT2D eigenvalue weighted by atomic mass is 16.5. The first-order valence-corrected chi connectivity index (χ1v) is 6.55. The van der Waals surface area contributed by atoms with Gasteiger partial charge >= 0.3 is 0 Å². The molecule has 0 saturated carbocycles. The molecule has 0 aliphatic rings. The Labute approximate surface area is 114 Å². The molecule has 2 aromatic rings. The Morgan fingerprint density at radius 3 is 2.74 bits per heavy atom. The standard InChI is InChI=1S/C16H20N2O/c1-13-6-5-8-15(18-13)12-17-11-10-14-7-3-4-9-16(14)19-2/h3-9,17H,10-12H2,1-2H3. The number of nitrogens with zero attached hydrogens (tertiary/aromatic N) is 1. The number of aryl methyl sites for hydroxylation is 1. The summed E-state index contributed by atoms with van der Waals surface area (Å²) in [4.78, 5) is 4.46. The van der Waals surface area contributed by atoms with Gasteiger partial charge in [-0.05, 0) is 43.7 Å². The highest BCUT2D eigenvalue weighted by Crippen LogP contribution is 2.17. The van der Waals surface area contributed by atoms with Crippen molar-refractivity contribution in [2.24, 2.45) is 0 Å². The third-order valence-corrected chi connectivity index (χ3v) is 3.02. The summed E-state index contributed by atoms with van der Waals surface area (Å²) in [5.41, 5.74) is 3.37. The SMILES string of the molecule is COc1ccccc1CCNCc1cccc(C)n1. The van der Waals surface area contributed by atoms with Crippen molar-refractivity contribution >= 4 is 0 Å². The highest BCUT2D eigenvalue weighted by Gasteiger charge is 2.01. The summed E-state index contributed by atoms with van der Waals surface area (Å²) in [7, 11) is 1.71. The van der Waals surface area contributed by atoms with Gasteiger partial charge in [0.15, 0.2) is 0 Å². The molecule has 1 aromatic heterocycles. The van der Waals surface area contributed by atoms with E-state index in [0.29, 0.717) is 0 Å². The number of para-hydroxylation sites is 1. The molecule has 19 heavy (non-hydrogen) atoms. The molecule has 1 heterocycles. The van der Waals surface area contributed by atoms with Crippen molar-refractivity contribution in [3.63, 3.8) is 0 Å². The van der Waals surface area contributed by atoms with E-state index in [1.54, 1.807) is 7.11 Å². The smallest absolute Gasteiger partial charge is 0.122 e. The molecule has 1 aromatic carbocycles. The molecule has 0 unspecified atom stereocenters. The second-order valence-corrected chi connectivity index (χ2v) is 4.51. The van der Waals surface area contributed by atoms with Gasteiger partial charge in [-0.1, -0.05) is 24.3 Å². The van der Waals surface area contributed by atoms with Gasteiger partial charge in [0.2, 0.25) is 0 Å². The summed E-state index contributed by atoms with van der Waals surface area (Å²) < 4.78 is 5.34. The van der Waals surface area contributed by atoms with Gasteiger partial charge < -0.3 is 10.1 Å². The highest BCUT2D eigenvalue weighted by molar-refractivity contribution is 5.33. The molecule has 1 N–H and O–H groups in total. The first kappa shape index (κ1) is 13.6. The monoisotopic (exact) mass is 256 g/mol. The summed E-state index contributed by atoms with van der Waals surface area (Å²) in [6, 6.07) is 14.2. The first-order chi connectivity index (χ1) is 9.29. The Morgan fingerprint density at radius 1 is 1.11 bits per heavy atom. The number of pyridine rings is 1. The van der Waals surface area contributed by atoms with Crippen LogP contribution in [0.4, 0.5) is 0 Å². The zero-order chi connectivity index (χ0) is 13.5. The van der Waals surface area contributed by atoms with Crippen molar-refractivity contribution in [1.29, 1.82) is 0 Å². The second-order valence-electron chi connectivity index (χ2n) is 4.51. The van der Waals surface area contributed by atoms with Crippen LogP contribution >= 0.6 is 0 Å². The molecule has 2 rings (SSSR count). The summed E-state index contributed by atoms with van der Waals surface area (Å²) in [6.45, 7) is 3.73. The number of ether oxygens (including phenoxy) is 1. The van der Waals surface area contributed by atoms with Crippen molar-refractivity contribution < 1.29 is 4.74 Å². The third kappa shape index (κ3) is 4.07. The fourth-order valence-electron chi connectivity index (χ4n) is 2.05. The minimum atomic E-state index is 0.802. The topological polar surface area (TPSA) is 34.1 Å². The molecular formula is C16H20N2O. The molecule has 100 valence electrons. The van der Waals surface area contributed by atoms with E-state index in [4.69, 9.17) is 4.74 Å². The van der Waals surface area contributed by atoms with E-state index in [1.807, 2.05) is 43.3 Å². The first-order valence-electron chi connectivity index (χ1n) is 6.55. The van der Waals surface area contributed by atoms with Gasteiger partial charge in [0.25, 0.3) is 0 Å². The molecule has 0 radical (unpaired) electrons. The number of benzene rings is 1. The lowest BCUT2D eigenvalue weighted by Gasteiger charge is -2.09. The van der Waals surface area contributed by atoms with Gasteiger partial charge in [0.05, 0.1) is 12.8 Å². The van der Waals surface area contributed by atoms with Crippen LogP contribution in [-0.2, 0) is 13.0 Å². The normalized spacial score (nSPS) is 10.4. The van der Waals surface area contributed by atoms with Crippen molar-refractivity contribution in [2.45, 2.75) is 19.9 Å². The fourth-order valence-corrected chi connectivity index (χ4v) is 2.05. The zero-order valence-corrected chi connectivity index (χ0v) is 11.5. The number of nitrogens with one attached hydrogen (secondary N) is 1. The van der Waals surface area contributed by atoms with Crippen molar-refractivity contribution in [3.8, 4) is 5.75 Å². The number of methoxy groups -OCH3 is 1. The van der Waals surface area contributed by atoms with Crippen LogP contribution in [0.5, 0.6) is 5.75 Å². The molecular weight excluding hydrogens is 236 g/mol. The van der Waals surface area contributed by atoms with E-state index < -0.39 is 0 Å². The van der Waals surface area contributed by atoms with E-state index in [0.717, 1.165) is 36.6 Å². The van der Waals surface area contributed by atoms with Gasteiger partial charge in [0.1, 0.15) is 5.75 Å². The predicted octanol–water partition coefficient (Wildman–Crippen LogP) is 2.73. The van der Waals surface area contributed by atoms with Crippen LogP contribution < -0.4 is 10.1 Å². The zero-order valence-electron chi connectivity index (χ0n) is 11.5. The summed E-state index contributed by atoms with van der Waals surface area (Å²) in [5, 5.41) is 3.41. The number of hydrogen-bond donors (Lipinski definition) is 1. The van der Waals surface area contributed by atoms with E-state index in [-0.39, 0.29) is 0 Å². The molecule has 0 bridgehead atoms. The van der Waals surface area contributed by atoms with Gasteiger partial charge in [-0.15, -0.1) is 0 Å². The van der Waals surface area contributed by atoms with Gasteiger partial charge in [-0.2, -0.15) is 0 Å². The van der Waals surface area contributed by atoms with Gasteiger partial charge in [0, 0.05) is 12.2 Å². The molecule has 3 nitrogen and oxygen atoms in total. The quantitative estimate of drug-likeness (QED) is 0.807. The van der Waals surface area contributed by atoms with Crippen LogP contribution in [0.1, 0.15) is 17.0 Å². The maximum Gasteiger partial charge on any atom is 0.122 e. The van der Waals surface area contributed by atoms with Crippen LogP contribution in [-0.4, -0.2) is 18.6 Å². The molecule has 0 atom stereocenters. The maximum absolute atomic E-state index is 5.34. The van der Waals surface area contributed by atoms with Gasteiger partial charge in [-0.3, -0.25) is 4.98 Å². The average Bonchev–Trinajstić information content (AvgIpc) is 2.44. The molecule has 0 amide bonds. The predicted molar refractivity (Wildman–Crippen MR) is 77.4 cm³/mol. The Morgan fingerprint density at radius 2 is 1.95 bits per heavy atom. The Hall–Kier alpha value is -1.87. The minimum Gasteiger partial charge on any atom is -0.496 e. The third-order valence-electron chi connectivity index (χ3n) is 3.02. The number of aromatic nitrogens is 1. The van der Waals surface area contributed by atoms with Crippen LogP contribution in [0, 0.1) is 6.92 Å². The molecule has 0 fully saturated rings. The molecule has 3 heteroatoms. The largest absolute Gasteiger partial charge is 0.496 e. The average molecular weight is 256 g/mol. The summed E-state index contributed by atoms with van der Waals surface area (Å²) in [5.74, 6) is 0.956.